The third kappa shape index (κ3) is 3.61. The molecule has 3 aliphatic heterocycles. The van der Waals surface area contributed by atoms with Crippen LogP contribution in [0.3, 0.4) is 0 Å². The van der Waals surface area contributed by atoms with Crippen molar-refractivity contribution in [2.45, 2.75) is 49.4 Å². The summed E-state index contributed by atoms with van der Waals surface area (Å²) in [6, 6.07) is 13.5. The maximum atomic E-state index is 13.2. The highest BCUT2D eigenvalue weighted by Crippen LogP contribution is 2.51. The van der Waals surface area contributed by atoms with Crippen LogP contribution in [0, 0.1) is 0 Å². The molecule has 3 aliphatic rings. The van der Waals surface area contributed by atoms with Crippen molar-refractivity contribution in [2.24, 2.45) is 0 Å². The minimum absolute atomic E-state index is 0.0952. The summed E-state index contributed by atoms with van der Waals surface area (Å²) in [4.78, 5) is 13.2. The molecule has 12 heteroatoms. The second kappa shape index (κ2) is 9.43. The number of halogens is 2. The van der Waals surface area contributed by atoms with Crippen molar-refractivity contribution in [1.29, 1.82) is 0 Å². The van der Waals surface area contributed by atoms with Gasteiger partial charge in [0.1, 0.15) is 44.0 Å². The number of aromatic hydroxyl groups is 1. The Morgan fingerprint density at radius 1 is 0.900 bits per heavy atom. The van der Waals surface area contributed by atoms with E-state index in [4.69, 9.17) is 37.4 Å². The monoisotopic (exact) mass is 604 g/mol. The highest BCUT2D eigenvalue weighted by Gasteiger charge is 2.58. The molecule has 1 saturated heterocycles. The van der Waals surface area contributed by atoms with Crippen molar-refractivity contribution < 1.29 is 44.5 Å². The summed E-state index contributed by atoms with van der Waals surface area (Å²) in [6.45, 7) is 3.37. The molecule has 0 saturated carbocycles. The van der Waals surface area contributed by atoms with Crippen LogP contribution >= 0.6 is 23.2 Å². The Morgan fingerprint density at radius 3 is 2.25 bits per heavy atom. The standard InChI is InChI=1S/C28H26Cl2O9Si/c1-40(2)24-14(7-9-16(32)19(24)29)28(13-6-4-3-5-12(13)26(36)39-28)15-8-10-17(20(30)25(15)40)37-27-23(35)22(34)21(33)18(11-31)38-27/h3-10,18,21-23,27,31-35H,11H2,1-2H3/t18-,21+,22+,23-,27-,28?/m1/s1. The van der Waals surface area contributed by atoms with Gasteiger partial charge in [0.25, 0.3) is 0 Å². The molecule has 0 amide bonds. The van der Waals surface area contributed by atoms with Crippen LogP contribution in [-0.2, 0) is 15.1 Å². The van der Waals surface area contributed by atoms with Crippen molar-refractivity contribution in [1.82, 2.24) is 0 Å². The number of phenols is 1. The van der Waals surface area contributed by atoms with Crippen molar-refractivity contribution in [2.75, 3.05) is 6.61 Å². The Labute approximate surface area is 240 Å². The van der Waals surface area contributed by atoms with Gasteiger partial charge < -0.3 is 39.7 Å². The third-order valence-corrected chi connectivity index (χ3v) is 12.7. The molecule has 3 aromatic carbocycles. The summed E-state index contributed by atoms with van der Waals surface area (Å²) in [5.74, 6) is -0.546. The number of esters is 1. The number of carbonyl (C=O) groups is 1. The molecule has 40 heavy (non-hydrogen) atoms. The van der Waals surface area contributed by atoms with Crippen LogP contribution in [-0.4, -0.2) is 76.9 Å². The molecule has 3 aromatic rings. The Morgan fingerprint density at radius 2 is 1.55 bits per heavy atom. The molecule has 6 atom stereocenters. The van der Waals surface area contributed by atoms with E-state index in [2.05, 4.69) is 0 Å². The first-order valence-corrected chi connectivity index (χ1v) is 16.4. The fraction of sp³-hybridized carbons (Fsp3) is 0.321. The van der Waals surface area contributed by atoms with E-state index in [-0.39, 0.29) is 21.5 Å². The highest BCUT2D eigenvalue weighted by molar-refractivity contribution is 7.03. The zero-order valence-corrected chi connectivity index (χ0v) is 23.8. The number of phenolic OH excluding ortho intramolecular Hbond substituents is 1. The van der Waals surface area contributed by atoms with Gasteiger partial charge in [0.05, 0.1) is 22.2 Å². The zero-order chi connectivity index (χ0) is 28.7. The first kappa shape index (κ1) is 27.5. The summed E-state index contributed by atoms with van der Waals surface area (Å²) >= 11 is 13.8. The normalized spacial score (nSPS) is 29.9. The molecule has 0 aliphatic carbocycles. The van der Waals surface area contributed by atoms with Crippen LogP contribution in [0.25, 0.3) is 0 Å². The largest absolute Gasteiger partial charge is 0.506 e. The summed E-state index contributed by atoms with van der Waals surface area (Å²) in [5.41, 5.74) is 0.846. The van der Waals surface area contributed by atoms with E-state index in [9.17, 15) is 30.3 Å². The van der Waals surface area contributed by atoms with E-state index in [0.717, 1.165) is 0 Å². The van der Waals surface area contributed by atoms with Crippen LogP contribution in [0.1, 0.15) is 27.0 Å². The molecule has 1 unspecified atom stereocenters. The summed E-state index contributed by atoms with van der Waals surface area (Å²) in [5, 5.41) is 52.6. The van der Waals surface area contributed by atoms with Crippen molar-refractivity contribution in [3.63, 3.8) is 0 Å². The molecule has 0 radical (unpaired) electrons. The average molecular weight is 605 g/mol. The number of aliphatic hydroxyl groups is 4. The molecule has 6 rings (SSSR count). The lowest BCUT2D eigenvalue weighted by Crippen LogP contribution is -2.64. The van der Waals surface area contributed by atoms with Gasteiger partial charge >= 0.3 is 5.97 Å². The Hall–Kier alpha value is -2.67. The number of carbonyl (C=O) groups excluding carboxylic acids is 1. The van der Waals surface area contributed by atoms with Crippen LogP contribution < -0.4 is 15.1 Å². The van der Waals surface area contributed by atoms with Gasteiger partial charge in [0, 0.05) is 16.7 Å². The van der Waals surface area contributed by atoms with Crippen LogP contribution in [0.4, 0.5) is 0 Å². The predicted octanol–water partition coefficient (Wildman–Crippen LogP) is 1.48. The fourth-order valence-electron chi connectivity index (χ4n) is 6.20. The van der Waals surface area contributed by atoms with E-state index in [1.54, 1.807) is 42.5 Å². The molecule has 1 fully saturated rings. The summed E-state index contributed by atoms with van der Waals surface area (Å²) in [7, 11) is -2.88. The lowest BCUT2D eigenvalue weighted by molar-refractivity contribution is -0.277. The Bertz CT molecular complexity index is 1540. The van der Waals surface area contributed by atoms with Gasteiger partial charge in [-0.1, -0.05) is 66.6 Å². The van der Waals surface area contributed by atoms with Crippen molar-refractivity contribution in [3.05, 3.63) is 80.8 Å². The Kier molecular flexibility index (Phi) is 6.48. The second-order valence-corrected chi connectivity index (χ2v) is 15.7. The number of rotatable bonds is 3. The van der Waals surface area contributed by atoms with E-state index < -0.39 is 57.0 Å². The Balaban J connectivity index is 1.57. The predicted molar refractivity (Wildman–Crippen MR) is 147 cm³/mol. The van der Waals surface area contributed by atoms with E-state index in [1.165, 1.54) is 6.07 Å². The van der Waals surface area contributed by atoms with Crippen molar-refractivity contribution >= 4 is 47.6 Å². The number of fused-ring (bicyclic) bond motifs is 6. The van der Waals surface area contributed by atoms with Gasteiger partial charge in [-0.05, 0) is 28.6 Å². The SMILES string of the molecule is C[Si]1(C)c2c(ccc(O)c2Cl)C2(OC(=O)c3ccccc32)c2ccc(O[C@@H]3O[C@H](CO)[C@H](O)[C@H](O)[C@H]3O)c(Cl)c21. The molecule has 0 bridgehead atoms. The molecule has 210 valence electrons. The quantitative estimate of drug-likeness (QED) is 0.221. The average Bonchev–Trinajstić information content (AvgIpc) is 3.23. The topological polar surface area (TPSA) is 146 Å². The first-order chi connectivity index (χ1) is 18.9. The fourth-order valence-corrected chi connectivity index (χ4v) is 11.5. The number of hydrogen-bond acceptors (Lipinski definition) is 9. The van der Waals surface area contributed by atoms with Crippen molar-refractivity contribution in [3.8, 4) is 11.5 Å². The lowest BCUT2D eigenvalue weighted by atomic mass is 9.79. The maximum Gasteiger partial charge on any atom is 0.340 e. The van der Waals surface area contributed by atoms with E-state index in [1.807, 2.05) is 13.1 Å². The van der Waals surface area contributed by atoms with E-state index in [0.29, 0.717) is 32.6 Å². The summed E-state index contributed by atoms with van der Waals surface area (Å²) < 4.78 is 17.7. The highest BCUT2D eigenvalue weighted by atomic mass is 35.5. The van der Waals surface area contributed by atoms with Crippen LogP contribution in [0.5, 0.6) is 11.5 Å². The molecule has 0 aromatic heterocycles. The van der Waals surface area contributed by atoms with Crippen LogP contribution in [0.15, 0.2) is 48.5 Å². The number of ether oxygens (including phenoxy) is 3. The molecule has 9 nitrogen and oxygen atoms in total. The minimum atomic E-state index is -2.88. The number of benzene rings is 3. The van der Waals surface area contributed by atoms with Gasteiger partial charge in [0.15, 0.2) is 5.60 Å². The van der Waals surface area contributed by atoms with Gasteiger partial charge in [-0.25, -0.2) is 4.79 Å². The smallest absolute Gasteiger partial charge is 0.340 e. The van der Waals surface area contributed by atoms with Gasteiger partial charge in [-0.3, -0.25) is 0 Å². The number of aliphatic hydroxyl groups excluding tert-OH is 4. The lowest BCUT2D eigenvalue weighted by Gasteiger charge is -2.45. The molecule has 1 spiro atoms. The van der Waals surface area contributed by atoms with E-state index >= 15 is 0 Å². The van der Waals surface area contributed by atoms with Crippen LogP contribution in [0.2, 0.25) is 23.1 Å². The second-order valence-electron chi connectivity index (χ2n) is 10.7. The maximum absolute atomic E-state index is 13.2. The molecular weight excluding hydrogens is 579 g/mol. The van der Waals surface area contributed by atoms with Gasteiger partial charge in [-0.15, -0.1) is 0 Å². The minimum Gasteiger partial charge on any atom is -0.506 e. The summed E-state index contributed by atoms with van der Waals surface area (Å²) in [6.07, 6.45) is -7.45. The third-order valence-electron chi connectivity index (χ3n) is 8.10. The van der Waals surface area contributed by atoms with Gasteiger partial charge in [-0.2, -0.15) is 0 Å². The van der Waals surface area contributed by atoms with Gasteiger partial charge in [0.2, 0.25) is 6.29 Å². The molecule has 3 heterocycles. The number of hydrogen-bond donors (Lipinski definition) is 5. The molecular formula is C28H26Cl2O9Si. The molecule has 5 N–H and O–H groups in total. The zero-order valence-electron chi connectivity index (χ0n) is 21.3. The first-order valence-electron chi connectivity index (χ1n) is 12.6.